The van der Waals surface area contributed by atoms with Gasteiger partial charge in [0.2, 0.25) is 0 Å². The van der Waals surface area contributed by atoms with E-state index in [9.17, 15) is 14.7 Å². The molecule has 1 aliphatic rings. The fourth-order valence-electron chi connectivity index (χ4n) is 1.17. The molecule has 5 nitrogen and oxygen atoms in total. The van der Waals surface area contributed by atoms with Gasteiger partial charge in [0.25, 0.3) is 0 Å². The molecule has 0 radical (unpaired) electrons. The molecule has 0 saturated heterocycles. The van der Waals surface area contributed by atoms with Crippen molar-refractivity contribution in [2.24, 2.45) is 0 Å². The Morgan fingerprint density at radius 1 is 1.44 bits per heavy atom. The Hall–Kier alpha value is -0.923. The first-order chi connectivity index (χ1) is 6.79. The summed E-state index contributed by atoms with van der Waals surface area (Å²) in [6.07, 6.45) is 0.953. The van der Waals surface area contributed by atoms with Crippen LogP contribution in [0.4, 0.5) is 4.79 Å². The molecule has 0 unspecified atom stereocenters. The zero-order valence-electron chi connectivity index (χ0n) is 10.1. The minimum atomic E-state index is -1.24. The summed E-state index contributed by atoms with van der Waals surface area (Å²) >= 11 is 0. The van der Waals surface area contributed by atoms with Crippen molar-refractivity contribution in [1.82, 2.24) is 4.90 Å². The number of rotatable bonds is 1. The maximum Gasteiger partial charge on any atom is 1.00 e. The summed E-state index contributed by atoms with van der Waals surface area (Å²) in [6.45, 7) is 5.59. The molecule has 84 valence electrons. The maximum atomic E-state index is 11.5. The Kier molecular flexibility index (Phi) is 5.11. The quantitative estimate of drug-likeness (QED) is 0.438. The van der Waals surface area contributed by atoms with Gasteiger partial charge in [-0.2, -0.15) is 0 Å². The van der Waals surface area contributed by atoms with E-state index in [1.54, 1.807) is 20.8 Å². The molecule has 16 heavy (non-hydrogen) atoms. The summed E-state index contributed by atoms with van der Waals surface area (Å²) in [7, 11) is 0. The molecule has 0 aromatic carbocycles. The third-order valence-corrected chi connectivity index (χ3v) is 1.83. The molecule has 0 saturated carbocycles. The van der Waals surface area contributed by atoms with Gasteiger partial charge in [0.1, 0.15) is 5.60 Å². The average Bonchev–Trinajstić information content (AvgIpc) is 2.47. The van der Waals surface area contributed by atoms with Gasteiger partial charge >= 0.3 is 25.0 Å². The zero-order valence-corrected chi connectivity index (χ0v) is 10.1. The zero-order chi connectivity index (χ0) is 11.6. The summed E-state index contributed by atoms with van der Waals surface area (Å²) in [5, 5.41) is 10.5. The molecule has 0 N–H and O–H groups in total. The van der Waals surface area contributed by atoms with Gasteiger partial charge in [0.05, 0.1) is 12.5 Å². The summed E-state index contributed by atoms with van der Waals surface area (Å²) in [6, 6.07) is 0. The van der Waals surface area contributed by atoms with E-state index in [1.807, 2.05) is 0 Å². The van der Waals surface area contributed by atoms with Gasteiger partial charge in [-0.05, 0) is 26.3 Å². The Morgan fingerprint density at radius 3 is 2.38 bits per heavy atom. The Morgan fingerprint density at radius 2 is 2.00 bits per heavy atom. The predicted octanol–water partition coefficient (Wildman–Crippen LogP) is -3.08. The topological polar surface area (TPSA) is 69.7 Å². The molecule has 0 spiro atoms. The summed E-state index contributed by atoms with van der Waals surface area (Å²) in [5.74, 6) is -1.24. The van der Waals surface area contributed by atoms with Crippen LogP contribution >= 0.6 is 0 Å². The maximum absolute atomic E-state index is 11.5. The molecule has 1 amide bonds. The Labute approximate surface area is 107 Å². The smallest absolute Gasteiger partial charge is 0.545 e. The largest absolute Gasteiger partial charge is 1.00 e. The van der Waals surface area contributed by atoms with Crippen molar-refractivity contribution >= 4 is 12.1 Å². The number of nitrogens with zero attached hydrogens (tertiary/aromatic N) is 1. The summed E-state index contributed by atoms with van der Waals surface area (Å²) in [4.78, 5) is 23.3. The molecule has 0 aromatic rings. The molecule has 0 aliphatic carbocycles. The van der Waals surface area contributed by atoms with Gasteiger partial charge in [-0.15, -0.1) is 0 Å². The van der Waals surface area contributed by atoms with Gasteiger partial charge in [0, 0.05) is 6.54 Å². The number of carboxylic acid groups (broad SMARTS) is 1. The van der Waals surface area contributed by atoms with Gasteiger partial charge < -0.3 is 19.5 Å². The number of hydrogen-bond donors (Lipinski definition) is 0. The number of hydrogen-bond acceptors (Lipinski definition) is 4. The number of ether oxygens (including phenoxy) is 1. The van der Waals surface area contributed by atoms with E-state index >= 15 is 0 Å². The van der Waals surface area contributed by atoms with Gasteiger partial charge in [-0.25, -0.2) is 4.79 Å². The van der Waals surface area contributed by atoms with E-state index in [-0.39, 0.29) is 37.5 Å². The van der Waals surface area contributed by atoms with E-state index in [1.165, 1.54) is 11.0 Å². The standard InChI is InChI=1S/C10H15NO4.Li/c1-10(2,3)15-9(14)11-5-4-7(6-11)8(12)13;/h4H,5-6H2,1-3H3,(H,12,13);/q;+1/p-1. The van der Waals surface area contributed by atoms with Crippen molar-refractivity contribution in [3.05, 3.63) is 11.6 Å². The monoisotopic (exact) mass is 219 g/mol. The number of carbonyl (C=O) groups excluding carboxylic acids is 2. The van der Waals surface area contributed by atoms with Crippen molar-refractivity contribution < 1.29 is 38.3 Å². The average molecular weight is 219 g/mol. The first-order valence-corrected chi connectivity index (χ1v) is 4.68. The molecule has 0 aromatic heterocycles. The Balaban J connectivity index is 0.00000225. The Bertz CT molecular complexity index is 319. The van der Waals surface area contributed by atoms with Crippen LogP contribution in [0, 0.1) is 0 Å². The molecule has 1 heterocycles. The van der Waals surface area contributed by atoms with Crippen LogP contribution in [0.25, 0.3) is 0 Å². The summed E-state index contributed by atoms with van der Waals surface area (Å²) < 4.78 is 5.09. The summed E-state index contributed by atoms with van der Waals surface area (Å²) in [5.41, 5.74) is -0.442. The normalized spacial score (nSPS) is 15.2. The van der Waals surface area contributed by atoms with Crippen LogP contribution in [0.2, 0.25) is 0 Å². The first kappa shape index (κ1) is 15.1. The second-order valence-electron chi connectivity index (χ2n) is 4.38. The molecule has 0 bridgehead atoms. The van der Waals surface area contributed by atoms with Crippen molar-refractivity contribution in [3.8, 4) is 0 Å². The van der Waals surface area contributed by atoms with Crippen LogP contribution in [0.3, 0.4) is 0 Å². The van der Waals surface area contributed by atoms with Crippen molar-refractivity contribution in [3.63, 3.8) is 0 Å². The van der Waals surface area contributed by atoms with E-state index in [4.69, 9.17) is 4.74 Å². The number of carboxylic acids is 1. The van der Waals surface area contributed by atoms with Gasteiger partial charge in [0.15, 0.2) is 0 Å². The SMILES string of the molecule is CC(C)(C)OC(=O)N1CC=C(C(=O)[O-])C1.[Li+]. The molecule has 6 heteroatoms. The predicted molar refractivity (Wildman–Crippen MR) is 50.9 cm³/mol. The first-order valence-electron chi connectivity index (χ1n) is 4.68. The van der Waals surface area contributed by atoms with Crippen molar-refractivity contribution in [2.45, 2.75) is 26.4 Å². The fourth-order valence-corrected chi connectivity index (χ4v) is 1.17. The second-order valence-corrected chi connectivity index (χ2v) is 4.38. The van der Waals surface area contributed by atoms with E-state index in [0.29, 0.717) is 0 Å². The molecule has 1 aliphatic heterocycles. The molecule has 1 rings (SSSR count). The van der Waals surface area contributed by atoms with Gasteiger partial charge in [-0.1, -0.05) is 6.08 Å². The molecule has 0 fully saturated rings. The minimum Gasteiger partial charge on any atom is -0.545 e. The van der Waals surface area contributed by atoms with Crippen LogP contribution in [-0.4, -0.2) is 35.7 Å². The van der Waals surface area contributed by atoms with Crippen LogP contribution in [0.1, 0.15) is 20.8 Å². The van der Waals surface area contributed by atoms with Crippen molar-refractivity contribution in [2.75, 3.05) is 13.1 Å². The third-order valence-electron chi connectivity index (χ3n) is 1.83. The van der Waals surface area contributed by atoms with E-state index in [2.05, 4.69) is 0 Å². The molecular formula is C10H14LiNO4. The molecular weight excluding hydrogens is 205 g/mol. The minimum absolute atomic E-state index is 0. The van der Waals surface area contributed by atoms with Crippen LogP contribution in [0.15, 0.2) is 11.6 Å². The van der Waals surface area contributed by atoms with Crippen LogP contribution < -0.4 is 24.0 Å². The van der Waals surface area contributed by atoms with E-state index in [0.717, 1.165) is 0 Å². The van der Waals surface area contributed by atoms with Crippen LogP contribution in [-0.2, 0) is 9.53 Å². The third kappa shape index (κ3) is 4.29. The number of aliphatic carboxylic acids is 1. The number of amides is 1. The van der Waals surface area contributed by atoms with Crippen LogP contribution in [0.5, 0.6) is 0 Å². The number of carbonyl (C=O) groups is 2. The van der Waals surface area contributed by atoms with Gasteiger partial charge in [-0.3, -0.25) is 0 Å². The van der Waals surface area contributed by atoms with Crippen molar-refractivity contribution in [1.29, 1.82) is 0 Å². The van der Waals surface area contributed by atoms with E-state index < -0.39 is 17.7 Å². The second kappa shape index (κ2) is 5.42. The fraction of sp³-hybridized carbons (Fsp3) is 0.600. The molecule has 0 atom stereocenters.